The fourth-order valence-electron chi connectivity index (χ4n) is 3.16. The summed E-state index contributed by atoms with van der Waals surface area (Å²) >= 11 is 0. The van der Waals surface area contributed by atoms with Crippen molar-refractivity contribution in [2.45, 2.75) is 36.9 Å². The molecule has 2 aromatic rings. The Bertz CT molecular complexity index is 776. The van der Waals surface area contributed by atoms with Crippen molar-refractivity contribution in [3.63, 3.8) is 0 Å². The minimum atomic E-state index is -3.51. The third kappa shape index (κ3) is 3.95. The SMILES string of the molecule is C[C@@H]1C[C@H](NS(=O)(=O)c2ccc(N)cc2)CN1Cc1ccccc1. The lowest BCUT2D eigenvalue weighted by Gasteiger charge is -2.20. The van der Waals surface area contributed by atoms with Crippen molar-refractivity contribution in [2.24, 2.45) is 0 Å². The number of nitrogen functional groups attached to an aromatic ring is 1. The first-order valence-corrected chi connectivity index (χ1v) is 9.58. The quantitative estimate of drug-likeness (QED) is 0.815. The van der Waals surface area contributed by atoms with Crippen molar-refractivity contribution in [1.82, 2.24) is 9.62 Å². The van der Waals surface area contributed by atoms with Crippen molar-refractivity contribution in [3.8, 4) is 0 Å². The largest absolute Gasteiger partial charge is 0.399 e. The number of hydrogen-bond donors (Lipinski definition) is 2. The van der Waals surface area contributed by atoms with E-state index in [1.54, 1.807) is 12.1 Å². The molecule has 0 aliphatic carbocycles. The summed E-state index contributed by atoms with van der Waals surface area (Å²) in [6.45, 7) is 3.69. The Morgan fingerprint density at radius 3 is 2.46 bits per heavy atom. The summed E-state index contributed by atoms with van der Waals surface area (Å²) in [5.74, 6) is 0. The number of sulfonamides is 1. The zero-order valence-corrected chi connectivity index (χ0v) is 14.5. The average Bonchev–Trinajstić information content (AvgIpc) is 2.87. The maximum Gasteiger partial charge on any atom is 0.240 e. The molecule has 0 amide bonds. The molecular weight excluding hydrogens is 322 g/mol. The minimum absolute atomic E-state index is 0.0775. The first kappa shape index (κ1) is 17.0. The maximum absolute atomic E-state index is 12.5. The number of hydrogen-bond acceptors (Lipinski definition) is 4. The Balaban J connectivity index is 1.65. The third-order valence-corrected chi connectivity index (χ3v) is 5.98. The molecule has 0 saturated carbocycles. The average molecular weight is 345 g/mol. The second-order valence-corrected chi connectivity index (χ2v) is 8.10. The molecule has 3 N–H and O–H groups in total. The van der Waals surface area contributed by atoms with Crippen LogP contribution >= 0.6 is 0 Å². The summed E-state index contributed by atoms with van der Waals surface area (Å²) in [4.78, 5) is 2.57. The van der Waals surface area contributed by atoms with Gasteiger partial charge in [0.05, 0.1) is 4.90 Å². The van der Waals surface area contributed by atoms with Gasteiger partial charge in [-0.1, -0.05) is 30.3 Å². The first-order chi connectivity index (χ1) is 11.4. The lowest BCUT2D eigenvalue weighted by atomic mass is 10.2. The highest BCUT2D eigenvalue weighted by molar-refractivity contribution is 7.89. The molecule has 0 spiro atoms. The summed E-state index contributed by atoms with van der Waals surface area (Å²) in [6, 6.07) is 16.8. The van der Waals surface area contributed by atoms with Crippen LogP contribution in [-0.2, 0) is 16.6 Å². The van der Waals surface area contributed by atoms with Gasteiger partial charge in [0.1, 0.15) is 0 Å². The zero-order chi connectivity index (χ0) is 17.2. The molecule has 0 unspecified atom stereocenters. The molecule has 3 rings (SSSR count). The van der Waals surface area contributed by atoms with E-state index in [1.165, 1.54) is 17.7 Å². The van der Waals surface area contributed by atoms with Crippen LogP contribution in [0, 0.1) is 0 Å². The van der Waals surface area contributed by atoms with Crippen LogP contribution in [0.4, 0.5) is 5.69 Å². The Hall–Kier alpha value is -1.89. The molecule has 0 aromatic heterocycles. The van der Waals surface area contributed by atoms with Gasteiger partial charge in [-0.25, -0.2) is 13.1 Å². The van der Waals surface area contributed by atoms with Crippen LogP contribution in [0.15, 0.2) is 59.5 Å². The van der Waals surface area contributed by atoms with Crippen molar-refractivity contribution in [3.05, 3.63) is 60.2 Å². The molecule has 1 fully saturated rings. The lowest BCUT2D eigenvalue weighted by Crippen LogP contribution is -2.37. The molecule has 0 bridgehead atoms. The minimum Gasteiger partial charge on any atom is -0.399 e. The van der Waals surface area contributed by atoms with Crippen molar-refractivity contribution in [1.29, 1.82) is 0 Å². The van der Waals surface area contributed by atoms with E-state index in [-0.39, 0.29) is 10.9 Å². The normalized spacial score (nSPS) is 21.9. The molecule has 2 atom stereocenters. The zero-order valence-electron chi connectivity index (χ0n) is 13.7. The van der Waals surface area contributed by atoms with Crippen LogP contribution in [0.25, 0.3) is 0 Å². The van der Waals surface area contributed by atoms with Crippen LogP contribution < -0.4 is 10.5 Å². The number of benzene rings is 2. The van der Waals surface area contributed by atoms with E-state index < -0.39 is 10.0 Å². The number of likely N-dealkylation sites (tertiary alicyclic amines) is 1. The molecule has 6 heteroatoms. The molecule has 2 aromatic carbocycles. The monoisotopic (exact) mass is 345 g/mol. The second kappa shape index (κ2) is 6.93. The summed E-state index contributed by atoms with van der Waals surface area (Å²) in [5.41, 5.74) is 7.42. The topological polar surface area (TPSA) is 75.4 Å². The fourth-order valence-corrected chi connectivity index (χ4v) is 4.40. The lowest BCUT2D eigenvalue weighted by molar-refractivity contribution is 0.258. The van der Waals surface area contributed by atoms with Gasteiger partial charge in [0.25, 0.3) is 0 Å². The Labute approximate surface area is 143 Å². The smallest absolute Gasteiger partial charge is 0.240 e. The number of nitrogens with one attached hydrogen (secondary N) is 1. The predicted molar refractivity (Wildman–Crippen MR) is 95.9 cm³/mol. The van der Waals surface area contributed by atoms with E-state index in [0.29, 0.717) is 18.3 Å². The molecule has 128 valence electrons. The standard InChI is InChI=1S/C18H23N3O2S/c1-14-11-17(13-21(14)12-15-5-3-2-4-6-15)20-24(22,23)18-9-7-16(19)8-10-18/h2-10,14,17,20H,11-13,19H2,1H3/t14-,17+/m1/s1. The maximum atomic E-state index is 12.5. The van der Waals surface area contributed by atoms with Crippen LogP contribution in [0.5, 0.6) is 0 Å². The first-order valence-electron chi connectivity index (χ1n) is 8.10. The van der Waals surface area contributed by atoms with E-state index in [4.69, 9.17) is 5.73 Å². The number of nitrogens with zero attached hydrogens (tertiary/aromatic N) is 1. The van der Waals surface area contributed by atoms with Crippen LogP contribution in [0.2, 0.25) is 0 Å². The summed E-state index contributed by atoms with van der Waals surface area (Å²) < 4.78 is 27.8. The molecule has 24 heavy (non-hydrogen) atoms. The molecule has 5 nitrogen and oxygen atoms in total. The number of nitrogens with two attached hydrogens (primary N) is 1. The van der Waals surface area contributed by atoms with Crippen molar-refractivity contribution < 1.29 is 8.42 Å². The van der Waals surface area contributed by atoms with Gasteiger partial charge in [-0.15, -0.1) is 0 Å². The van der Waals surface area contributed by atoms with E-state index in [0.717, 1.165) is 13.0 Å². The van der Waals surface area contributed by atoms with Gasteiger partial charge in [-0.2, -0.15) is 0 Å². The highest BCUT2D eigenvalue weighted by atomic mass is 32.2. The Kier molecular flexibility index (Phi) is 4.89. The van der Waals surface area contributed by atoms with Crippen LogP contribution in [0.1, 0.15) is 18.9 Å². The van der Waals surface area contributed by atoms with E-state index in [2.05, 4.69) is 28.7 Å². The summed E-state index contributed by atoms with van der Waals surface area (Å²) in [5, 5.41) is 0. The van der Waals surface area contributed by atoms with Gasteiger partial charge in [-0.3, -0.25) is 4.90 Å². The van der Waals surface area contributed by atoms with Gasteiger partial charge >= 0.3 is 0 Å². The Morgan fingerprint density at radius 2 is 1.79 bits per heavy atom. The second-order valence-electron chi connectivity index (χ2n) is 6.39. The van der Waals surface area contributed by atoms with Crippen LogP contribution in [0.3, 0.4) is 0 Å². The van der Waals surface area contributed by atoms with Gasteiger partial charge in [0.2, 0.25) is 10.0 Å². The third-order valence-electron chi connectivity index (χ3n) is 4.44. The van der Waals surface area contributed by atoms with E-state index >= 15 is 0 Å². The highest BCUT2D eigenvalue weighted by Gasteiger charge is 2.32. The Morgan fingerprint density at radius 1 is 1.12 bits per heavy atom. The molecule has 0 radical (unpaired) electrons. The molecule has 1 heterocycles. The summed E-state index contributed by atoms with van der Waals surface area (Å²) in [7, 11) is -3.51. The molecule has 1 saturated heterocycles. The molecule has 1 aliphatic heterocycles. The predicted octanol–water partition coefficient (Wildman–Crippen LogP) is 2.21. The fraction of sp³-hybridized carbons (Fsp3) is 0.333. The van der Waals surface area contributed by atoms with Gasteiger partial charge in [0.15, 0.2) is 0 Å². The number of rotatable bonds is 5. The van der Waals surface area contributed by atoms with Crippen LogP contribution in [-0.4, -0.2) is 31.9 Å². The van der Waals surface area contributed by atoms with Gasteiger partial charge < -0.3 is 5.73 Å². The van der Waals surface area contributed by atoms with Crippen molar-refractivity contribution >= 4 is 15.7 Å². The molecular formula is C18H23N3O2S. The summed E-state index contributed by atoms with van der Waals surface area (Å²) in [6.07, 6.45) is 0.807. The van der Waals surface area contributed by atoms with E-state index in [1.807, 2.05) is 18.2 Å². The van der Waals surface area contributed by atoms with Gasteiger partial charge in [-0.05, 0) is 43.2 Å². The highest BCUT2D eigenvalue weighted by Crippen LogP contribution is 2.22. The number of anilines is 1. The van der Waals surface area contributed by atoms with Gasteiger partial charge in [0, 0.05) is 30.9 Å². The molecule has 1 aliphatic rings. The van der Waals surface area contributed by atoms with E-state index in [9.17, 15) is 8.42 Å². The van der Waals surface area contributed by atoms with Crippen molar-refractivity contribution in [2.75, 3.05) is 12.3 Å².